The van der Waals surface area contributed by atoms with Crippen LogP contribution in [0.4, 0.5) is 0 Å². The Morgan fingerprint density at radius 3 is 3.00 bits per heavy atom. The Balaban J connectivity index is 2.54. The number of hydrogen-bond donors (Lipinski definition) is 1. The highest BCUT2D eigenvalue weighted by atomic mass is 15.1. The fourth-order valence-electron chi connectivity index (χ4n) is 1.09. The Morgan fingerprint density at radius 2 is 2.36 bits per heavy atom. The van der Waals surface area contributed by atoms with Gasteiger partial charge in [0.05, 0.1) is 6.54 Å². The summed E-state index contributed by atoms with van der Waals surface area (Å²) in [4.78, 5) is 4.26. The number of nitrogens with two attached hydrogens (primary N) is 1. The van der Waals surface area contributed by atoms with Crippen LogP contribution in [-0.2, 0) is 13.1 Å². The number of aryl methyl sites for hydroxylation is 1. The van der Waals surface area contributed by atoms with Gasteiger partial charge in [-0.25, -0.2) is 4.98 Å². The molecule has 0 atom stereocenters. The molecule has 0 bridgehead atoms. The molecular formula is C8H16N3+. The molecule has 0 radical (unpaired) electrons. The molecule has 2 N–H and O–H groups in total. The Bertz CT molecular complexity index is 205. The van der Waals surface area contributed by atoms with E-state index in [1.54, 1.807) is 0 Å². The van der Waals surface area contributed by atoms with Crippen LogP contribution >= 0.6 is 0 Å². The lowest BCUT2D eigenvalue weighted by atomic mass is 10.5. The summed E-state index contributed by atoms with van der Waals surface area (Å²) < 4.78 is 2.17. The van der Waals surface area contributed by atoms with Crippen molar-refractivity contribution in [2.24, 2.45) is 0 Å². The summed E-state index contributed by atoms with van der Waals surface area (Å²) in [5.74, 6) is 1.18. The van der Waals surface area contributed by atoms with Crippen LogP contribution in [0.15, 0.2) is 12.4 Å². The van der Waals surface area contributed by atoms with Gasteiger partial charge in [-0.15, -0.1) is 0 Å². The minimum absolute atomic E-state index is 0.997. The van der Waals surface area contributed by atoms with Crippen molar-refractivity contribution in [2.75, 3.05) is 6.54 Å². The molecule has 0 unspecified atom stereocenters. The van der Waals surface area contributed by atoms with Gasteiger partial charge in [-0.2, -0.15) is 0 Å². The second-order valence-electron chi connectivity index (χ2n) is 2.53. The molecule has 0 spiro atoms. The van der Waals surface area contributed by atoms with Crippen molar-refractivity contribution in [3.05, 3.63) is 18.2 Å². The minimum Gasteiger partial charge on any atom is -0.340 e. The van der Waals surface area contributed by atoms with E-state index in [9.17, 15) is 0 Å². The van der Waals surface area contributed by atoms with E-state index in [0.717, 1.165) is 19.6 Å². The molecule has 11 heavy (non-hydrogen) atoms. The lowest BCUT2D eigenvalue weighted by Gasteiger charge is -2.01. The van der Waals surface area contributed by atoms with Crippen LogP contribution in [0.3, 0.4) is 0 Å². The van der Waals surface area contributed by atoms with E-state index < -0.39 is 0 Å². The van der Waals surface area contributed by atoms with E-state index in [4.69, 9.17) is 0 Å². The van der Waals surface area contributed by atoms with Gasteiger partial charge in [0, 0.05) is 18.9 Å². The van der Waals surface area contributed by atoms with Crippen molar-refractivity contribution in [1.82, 2.24) is 9.55 Å². The second-order valence-corrected chi connectivity index (χ2v) is 2.53. The molecule has 0 saturated heterocycles. The van der Waals surface area contributed by atoms with Gasteiger partial charge in [0.25, 0.3) is 0 Å². The zero-order valence-corrected chi connectivity index (χ0v) is 7.25. The lowest BCUT2D eigenvalue weighted by Crippen LogP contribution is -2.82. The summed E-state index contributed by atoms with van der Waals surface area (Å²) in [5, 5.41) is 2.24. The molecule has 0 aliphatic heterocycles. The van der Waals surface area contributed by atoms with Crippen LogP contribution < -0.4 is 5.32 Å². The van der Waals surface area contributed by atoms with Gasteiger partial charge in [0.15, 0.2) is 5.82 Å². The van der Waals surface area contributed by atoms with Crippen LogP contribution in [0.5, 0.6) is 0 Å². The molecule has 1 rings (SSSR count). The maximum Gasteiger partial charge on any atom is 0.164 e. The van der Waals surface area contributed by atoms with E-state index in [1.165, 1.54) is 5.82 Å². The third-order valence-electron chi connectivity index (χ3n) is 1.76. The molecule has 0 saturated carbocycles. The number of imidazole rings is 1. The molecule has 62 valence electrons. The highest BCUT2D eigenvalue weighted by Crippen LogP contribution is 1.93. The summed E-state index contributed by atoms with van der Waals surface area (Å²) in [6.45, 7) is 7.43. The van der Waals surface area contributed by atoms with Crippen molar-refractivity contribution in [2.45, 2.75) is 26.9 Å². The molecule has 0 amide bonds. The zero-order valence-electron chi connectivity index (χ0n) is 7.25. The van der Waals surface area contributed by atoms with Crippen LogP contribution in [0.1, 0.15) is 19.7 Å². The van der Waals surface area contributed by atoms with Gasteiger partial charge < -0.3 is 9.88 Å². The third kappa shape index (κ3) is 2.05. The summed E-state index contributed by atoms with van der Waals surface area (Å²) in [6, 6.07) is 0. The Labute approximate surface area is 67.4 Å². The molecule has 1 heterocycles. The predicted molar refractivity (Wildman–Crippen MR) is 44.1 cm³/mol. The van der Waals surface area contributed by atoms with E-state index in [0.29, 0.717) is 0 Å². The summed E-state index contributed by atoms with van der Waals surface area (Å²) in [5.41, 5.74) is 0. The van der Waals surface area contributed by atoms with Crippen molar-refractivity contribution in [3.8, 4) is 0 Å². The average molecular weight is 154 g/mol. The summed E-state index contributed by atoms with van der Waals surface area (Å²) >= 11 is 0. The van der Waals surface area contributed by atoms with Gasteiger partial charge in [-0.3, -0.25) is 0 Å². The van der Waals surface area contributed by atoms with Gasteiger partial charge in [0.2, 0.25) is 0 Å². The largest absolute Gasteiger partial charge is 0.340 e. The van der Waals surface area contributed by atoms with Crippen molar-refractivity contribution < 1.29 is 5.32 Å². The fourth-order valence-corrected chi connectivity index (χ4v) is 1.09. The summed E-state index contributed by atoms with van der Waals surface area (Å²) in [7, 11) is 0. The van der Waals surface area contributed by atoms with Crippen molar-refractivity contribution in [1.29, 1.82) is 0 Å². The highest BCUT2D eigenvalue weighted by molar-refractivity contribution is 4.89. The maximum absolute atomic E-state index is 4.26. The van der Waals surface area contributed by atoms with E-state index in [1.807, 2.05) is 12.4 Å². The molecular weight excluding hydrogens is 138 g/mol. The Kier molecular flexibility index (Phi) is 3.11. The maximum atomic E-state index is 4.26. The second kappa shape index (κ2) is 4.13. The number of hydrogen-bond acceptors (Lipinski definition) is 1. The van der Waals surface area contributed by atoms with Gasteiger partial charge in [0.1, 0.15) is 6.54 Å². The van der Waals surface area contributed by atoms with Crippen LogP contribution in [0, 0.1) is 0 Å². The van der Waals surface area contributed by atoms with Crippen molar-refractivity contribution >= 4 is 0 Å². The van der Waals surface area contributed by atoms with Gasteiger partial charge in [-0.05, 0) is 13.8 Å². The Hall–Kier alpha value is -0.830. The van der Waals surface area contributed by atoms with Gasteiger partial charge >= 0.3 is 0 Å². The predicted octanol–water partition coefficient (Wildman–Crippen LogP) is -0.0137. The summed E-state index contributed by atoms with van der Waals surface area (Å²) in [6.07, 6.45) is 3.89. The normalized spacial score (nSPS) is 10.4. The molecule has 0 fully saturated rings. The van der Waals surface area contributed by atoms with E-state index >= 15 is 0 Å². The van der Waals surface area contributed by atoms with Gasteiger partial charge in [-0.1, -0.05) is 0 Å². The fraction of sp³-hybridized carbons (Fsp3) is 0.625. The molecule has 1 aromatic rings. The lowest BCUT2D eigenvalue weighted by molar-refractivity contribution is -0.668. The first-order valence-corrected chi connectivity index (χ1v) is 4.20. The molecule has 0 aliphatic carbocycles. The SMILES string of the molecule is CC[NH2+]Cc1nccn1CC. The highest BCUT2D eigenvalue weighted by Gasteiger charge is 2.00. The molecule has 3 heteroatoms. The van der Waals surface area contributed by atoms with Crippen LogP contribution in [0.25, 0.3) is 0 Å². The smallest absolute Gasteiger partial charge is 0.164 e. The number of rotatable bonds is 4. The minimum atomic E-state index is 0.997. The van der Waals surface area contributed by atoms with E-state index in [-0.39, 0.29) is 0 Å². The molecule has 1 aromatic heterocycles. The first-order chi connectivity index (χ1) is 5.38. The standard InChI is InChI=1S/C8H15N3/c1-3-9-7-8-10-5-6-11(8)4-2/h5-6,9H,3-4,7H2,1-2H3/p+1. The molecule has 0 aromatic carbocycles. The van der Waals surface area contributed by atoms with Crippen molar-refractivity contribution in [3.63, 3.8) is 0 Å². The first kappa shape index (κ1) is 8.27. The van der Waals surface area contributed by atoms with Crippen LogP contribution in [0.2, 0.25) is 0 Å². The molecule has 0 aliphatic rings. The average Bonchev–Trinajstić information content (AvgIpc) is 2.47. The zero-order chi connectivity index (χ0) is 8.10. The first-order valence-electron chi connectivity index (χ1n) is 4.20. The number of aromatic nitrogens is 2. The Morgan fingerprint density at radius 1 is 1.55 bits per heavy atom. The number of nitrogens with zero attached hydrogens (tertiary/aromatic N) is 2. The topological polar surface area (TPSA) is 34.4 Å². The quantitative estimate of drug-likeness (QED) is 0.650. The number of quaternary nitrogens is 1. The van der Waals surface area contributed by atoms with Crippen LogP contribution in [-0.4, -0.2) is 16.1 Å². The van der Waals surface area contributed by atoms with E-state index in [2.05, 4.69) is 28.7 Å². The molecule has 3 nitrogen and oxygen atoms in total. The third-order valence-corrected chi connectivity index (χ3v) is 1.76. The monoisotopic (exact) mass is 154 g/mol.